The van der Waals surface area contributed by atoms with Crippen LogP contribution in [0.1, 0.15) is 23.1 Å². The molecule has 3 aromatic carbocycles. The van der Waals surface area contributed by atoms with Crippen molar-refractivity contribution in [3.63, 3.8) is 0 Å². The summed E-state index contributed by atoms with van der Waals surface area (Å²) in [6, 6.07) is 27.9. The molecule has 0 aromatic heterocycles. The fraction of sp³-hybridized carbons (Fsp3) is 0.111. The molecule has 0 fully saturated rings. The molecule has 166 valence electrons. The van der Waals surface area contributed by atoms with Crippen molar-refractivity contribution in [2.45, 2.75) is 12.8 Å². The second kappa shape index (κ2) is 16.7. The second-order valence-corrected chi connectivity index (χ2v) is 6.35. The smallest absolute Gasteiger partial charge is 0.328 e. The van der Waals surface area contributed by atoms with Gasteiger partial charge in [-0.05, 0) is 41.7 Å². The lowest BCUT2D eigenvalue weighted by Crippen LogP contribution is -1.90. The van der Waals surface area contributed by atoms with E-state index in [1.807, 2.05) is 48.5 Å². The number of methoxy groups -OCH3 is 1. The van der Waals surface area contributed by atoms with Gasteiger partial charge in [-0.15, -0.1) is 0 Å². The van der Waals surface area contributed by atoms with E-state index < -0.39 is 5.97 Å². The fourth-order valence-electron chi connectivity index (χ4n) is 2.66. The molecule has 2 N–H and O–H groups in total. The van der Waals surface area contributed by atoms with E-state index in [9.17, 15) is 4.79 Å². The zero-order valence-electron chi connectivity index (χ0n) is 18.0. The standard InChI is InChI=1S/C17H18O.C9H8O2.CH2O2/c1-18-17-14-8-7-13-16(17)12-6-5-11-15-9-3-2-4-10-15;10-9(11)7-6-8-4-2-1-3-5-8;2-1-3/h2-5,7-11,13-14H,6,12H2,1H3;1-7H,(H,10,11);1H,(H,2,3)/b11-5+;7-6+;. The van der Waals surface area contributed by atoms with Crippen molar-refractivity contribution in [1.29, 1.82) is 0 Å². The minimum Gasteiger partial charge on any atom is -0.496 e. The molecule has 5 heteroatoms. The Hall–Kier alpha value is -4.12. The highest BCUT2D eigenvalue weighted by atomic mass is 16.5. The van der Waals surface area contributed by atoms with Gasteiger partial charge in [0, 0.05) is 6.08 Å². The van der Waals surface area contributed by atoms with E-state index in [2.05, 4.69) is 48.6 Å². The summed E-state index contributed by atoms with van der Waals surface area (Å²) in [7, 11) is 1.72. The molecule has 0 bridgehead atoms. The number of para-hydroxylation sites is 1. The van der Waals surface area contributed by atoms with Gasteiger partial charge in [-0.3, -0.25) is 4.79 Å². The highest BCUT2D eigenvalue weighted by Crippen LogP contribution is 2.19. The Morgan fingerprint density at radius 3 is 1.88 bits per heavy atom. The Labute approximate surface area is 188 Å². The number of ether oxygens (including phenoxy) is 1. The Morgan fingerprint density at radius 2 is 1.34 bits per heavy atom. The number of hydrogen-bond acceptors (Lipinski definition) is 3. The van der Waals surface area contributed by atoms with Crippen LogP contribution in [0.4, 0.5) is 0 Å². The third kappa shape index (κ3) is 11.8. The molecule has 0 saturated heterocycles. The molecule has 3 aromatic rings. The molecule has 0 atom stereocenters. The molecule has 32 heavy (non-hydrogen) atoms. The quantitative estimate of drug-likeness (QED) is 0.363. The molecule has 5 nitrogen and oxygen atoms in total. The molecular formula is C27H28O5. The van der Waals surface area contributed by atoms with Crippen LogP contribution in [0.5, 0.6) is 5.75 Å². The normalized spacial score (nSPS) is 9.91. The minimum absolute atomic E-state index is 0.250. The molecule has 0 aliphatic carbocycles. The van der Waals surface area contributed by atoms with Crippen LogP contribution >= 0.6 is 0 Å². The lowest BCUT2D eigenvalue weighted by Gasteiger charge is -2.06. The van der Waals surface area contributed by atoms with Crippen LogP contribution in [0.2, 0.25) is 0 Å². The van der Waals surface area contributed by atoms with Crippen LogP contribution in [0.15, 0.2) is 97.1 Å². The Bertz CT molecular complexity index is 964. The zero-order valence-corrected chi connectivity index (χ0v) is 18.0. The topological polar surface area (TPSA) is 83.8 Å². The first-order chi connectivity index (χ1) is 15.6. The third-order valence-electron chi connectivity index (χ3n) is 4.10. The number of aryl methyl sites for hydroxylation is 1. The van der Waals surface area contributed by atoms with Crippen LogP contribution in [0.3, 0.4) is 0 Å². The summed E-state index contributed by atoms with van der Waals surface area (Å²) < 4.78 is 5.34. The predicted molar refractivity (Wildman–Crippen MR) is 129 cm³/mol. The van der Waals surface area contributed by atoms with Crippen LogP contribution in [-0.4, -0.2) is 29.8 Å². The maximum atomic E-state index is 10.1. The predicted octanol–water partition coefficient (Wildman–Crippen LogP) is 5.83. The van der Waals surface area contributed by atoms with Gasteiger partial charge < -0.3 is 14.9 Å². The molecule has 0 heterocycles. The Morgan fingerprint density at radius 1 is 0.844 bits per heavy atom. The van der Waals surface area contributed by atoms with Crippen molar-refractivity contribution < 1.29 is 24.5 Å². The SMILES string of the molecule is COc1ccccc1CC/C=C/c1ccccc1.O=C(O)/C=C/c1ccccc1.O=CO. The zero-order chi connectivity index (χ0) is 23.4. The number of carbonyl (C=O) groups is 2. The first-order valence-electron chi connectivity index (χ1n) is 9.98. The minimum atomic E-state index is -0.922. The van der Waals surface area contributed by atoms with E-state index >= 15 is 0 Å². The summed E-state index contributed by atoms with van der Waals surface area (Å²) >= 11 is 0. The van der Waals surface area contributed by atoms with E-state index in [4.69, 9.17) is 19.7 Å². The van der Waals surface area contributed by atoms with Crippen LogP contribution in [0.25, 0.3) is 12.2 Å². The molecule has 0 aliphatic rings. The number of rotatable bonds is 7. The molecule has 0 amide bonds. The van der Waals surface area contributed by atoms with Crippen molar-refractivity contribution in [1.82, 2.24) is 0 Å². The van der Waals surface area contributed by atoms with Crippen molar-refractivity contribution >= 4 is 24.6 Å². The lowest BCUT2D eigenvalue weighted by molar-refractivity contribution is -0.131. The van der Waals surface area contributed by atoms with Crippen molar-refractivity contribution in [3.05, 3.63) is 114 Å². The summed E-state index contributed by atoms with van der Waals surface area (Å²) in [5.41, 5.74) is 3.41. The van der Waals surface area contributed by atoms with E-state index in [0.717, 1.165) is 30.2 Å². The lowest BCUT2D eigenvalue weighted by atomic mass is 10.1. The number of carboxylic acids is 1. The van der Waals surface area contributed by atoms with Crippen LogP contribution in [-0.2, 0) is 16.0 Å². The molecule has 0 unspecified atom stereocenters. The van der Waals surface area contributed by atoms with Gasteiger partial charge in [0.05, 0.1) is 7.11 Å². The maximum Gasteiger partial charge on any atom is 0.328 e. The highest BCUT2D eigenvalue weighted by molar-refractivity contribution is 5.85. The van der Waals surface area contributed by atoms with Gasteiger partial charge in [0.25, 0.3) is 6.47 Å². The fourth-order valence-corrected chi connectivity index (χ4v) is 2.66. The van der Waals surface area contributed by atoms with Crippen LogP contribution < -0.4 is 4.74 Å². The molecule has 3 rings (SSSR count). The average Bonchev–Trinajstić information content (AvgIpc) is 2.83. The summed E-state index contributed by atoms with van der Waals surface area (Å²) in [6.07, 6.45) is 9.08. The molecule has 0 aliphatic heterocycles. The molecule has 0 spiro atoms. The van der Waals surface area contributed by atoms with Gasteiger partial charge in [-0.2, -0.15) is 0 Å². The summed E-state index contributed by atoms with van der Waals surface area (Å²) in [4.78, 5) is 18.4. The van der Waals surface area contributed by atoms with Crippen molar-refractivity contribution in [2.75, 3.05) is 7.11 Å². The second-order valence-electron chi connectivity index (χ2n) is 6.35. The number of hydrogen-bond donors (Lipinski definition) is 2. The van der Waals surface area contributed by atoms with E-state index in [1.54, 1.807) is 13.2 Å². The molecule has 0 radical (unpaired) electrons. The Kier molecular flexibility index (Phi) is 13.5. The number of benzene rings is 3. The first kappa shape index (κ1) is 25.9. The Balaban J connectivity index is 0.000000312. The highest BCUT2D eigenvalue weighted by Gasteiger charge is 1.99. The van der Waals surface area contributed by atoms with Gasteiger partial charge in [0.2, 0.25) is 0 Å². The number of carboxylic acid groups (broad SMARTS) is 2. The largest absolute Gasteiger partial charge is 0.496 e. The molecular weight excluding hydrogens is 404 g/mol. The van der Waals surface area contributed by atoms with Crippen LogP contribution in [0, 0.1) is 0 Å². The number of allylic oxidation sites excluding steroid dienone is 1. The first-order valence-corrected chi connectivity index (χ1v) is 9.98. The monoisotopic (exact) mass is 432 g/mol. The summed E-state index contributed by atoms with van der Waals surface area (Å²) in [5.74, 6) is 0.0551. The van der Waals surface area contributed by atoms with Gasteiger partial charge in [-0.1, -0.05) is 91.0 Å². The van der Waals surface area contributed by atoms with E-state index in [1.165, 1.54) is 11.1 Å². The maximum absolute atomic E-state index is 10.1. The average molecular weight is 433 g/mol. The number of aliphatic carboxylic acids is 1. The van der Waals surface area contributed by atoms with Gasteiger partial charge >= 0.3 is 5.97 Å². The van der Waals surface area contributed by atoms with Gasteiger partial charge in [-0.25, -0.2) is 4.79 Å². The van der Waals surface area contributed by atoms with E-state index in [0.29, 0.717) is 0 Å². The van der Waals surface area contributed by atoms with Crippen molar-refractivity contribution in [2.24, 2.45) is 0 Å². The summed E-state index contributed by atoms with van der Waals surface area (Å²) in [6.45, 7) is -0.250. The van der Waals surface area contributed by atoms with Gasteiger partial charge in [0.1, 0.15) is 5.75 Å². The van der Waals surface area contributed by atoms with Crippen molar-refractivity contribution in [3.8, 4) is 5.75 Å². The third-order valence-corrected chi connectivity index (χ3v) is 4.10. The van der Waals surface area contributed by atoms with Gasteiger partial charge in [0.15, 0.2) is 0 Å². The van der Waals surface area contributed by atoms with E-state index in [-0.39, 0.29) is 6.47 Å². The summed E-state index contributed by atoms with van der Waals surface area (Å²) in [5, 5.41) is 15.2. The molecule has 0 saturated carbocycles.